The largest absolute Gasteiger partial charge is 0.354 e. The summed E-state index contributed by atoms with van der Waals surface area (Å²) in [7, 11) is 0. The summed E-state index contributed by atoms with van der Waals surface area (Å²) < 4.78 is 0. The molecule has 0 spiro atoms. The van der Waals surface area contributed by atoms with Gasteiger partial charge in [0, 0.05) is 43.3 Å². The lowest BCUT2D eigenvalue weighted by atomic mass is 9.98. The van der Waals surface area contributed by atoms with Gasteiger partial charge in [0.15, 0.2) is 0 Å². The second-order valence-corrected chi connectivity index (χ2v) is 9.76. The molecule has 3 aromatic rings. The summed E-state index contributed by atoms with van der Waals surface area (Å²) >= 11 is 4.37. The predicted octanol–water partition coefficient (Wildman–Crippen LogP) is 4.12. The number of nitrogens with one attached hydrogen (secondary N) is 2. The van der Waals surface area contributed by atoms with Crippen LogP contribution in [0.4, 0.5) is 0 Å². The molecule has 1 unspecified atom stereocenters. The number of rotatable bonds is 13. The van der Waals surface area contributed by atoms with E-state index in [1.54, 1.807) is 0 Å². The molecule has 2 amide bonds. The Morgan fingerprint density at radius 1 is 1.14 bits per heavy atom. The SMILES string of the molecule is CCCC(=O)N(CCNC(=O)C(CS)CC1CC1)Cc1ccc(-c2ccccc2-c2nn[nH]n2)cc1. The lowest BCUT2D eigenvalue weighted by molar-refractivity contribution is -0.132. The fourth-order valence-corrected chi connectivity index (χ4v) is 4.67. The predicted molar refractivity (Wildman–Crippen MR) is 143 cm³/mol. The first kappa shape index (κ1) is 25.9. The van der Waals surface area contributed by atoms with Gasteiger partial charge in [-0.1, -0.05) is 68.3 Å². The average molecular weight is 507 g/mol. The Hall–Kier alpha value is -3.20. The molecule has 0 aliphatic heterocycles. The zero-order chi connectivity index (χ0) is 25.3. The van der Waals surface area contributed by atoms with Crippen molar-refractivity contribution < 1.29 is 9.59 Å². The van der Waals surface area contributed by atoms with E-state index in [2.05, 4.69) is 38.6 Å². The Bertz CT molecular complexity index is 1130. The van der Waals surface area contributed by atoms with Crippen LogP contribution in [0.15, 0.2) is 48.5 Å². The van der Waals surface area contributed by atoms with Crippen LogP contribution in [0.1, 0.15) is 44.6 Å². The number of nitrogens with zero attached hydrogens (tertiary/aromatic N) is 4. The zero-order valence-corrected chi connectivity index (χ0v) is 21.6. The van der Waals surface area contributed by atoms with Gasteiger partial charge in [-0.25, -0.2) is 0 Å². The molecule has 36 heavy (non-hydrogen) atoms. The molecule has 190 valence electrons. The summed E-state index contributed by atoms with van der Waals surface area (Å²) in [5.74, 6) is 1.88. The molecule has 0 radical (unpaired) electrons. The molecule has 1 aromatic heterocycles. The van der Waals surface area contributed by atoms with Gasteiger partial charge < -0.3 is 10.2 Å². The molecule has 1 aliphatic carbocycles. The highest BCUT2D eigenvalue weighted by Gasteiger charge is 2.28. The van der Waals surface area contributed by atoms with E-state index in [0.717, 1.165) is 35.1 Å². The molecule has 1 heterocycles. The summed E-state index contributed by atoms with van der Waals surface area (Å²) in [6.07, 6.45) is 4.63. The third-order valence-electron chi connectivity index (χ3n) is 6.56. The van der Waals surface area contributed by atoms with Gasteiger partial charge in [-0.15, -0.1) is 10.2 Å². The Morgan fingerprint density at radius 2 is 1.89 bits per heavy atom. The van der Waals surface area contributed by atoms with Crippen molar-refractivity contribution in [2.45, 2.75) is 45.6 Å². The quantitative estimate of drug-likeness (QED) is 0.303. The molecule has 4 rings (SSSR count). The molecular weight excluding hydrogens is 472 g/mol. The molecule has 0 saturated heterocycles. The van der Waals surface area contributed by atoms with E-state index < -0.39 is 0 Å². The van der Waals surface area contributed by atoms with Crippen LogP contribution < -0.4 is 5.32 Å². The standard InChI is InChI=1S/C27H34N6O2S/c1-2-5-25(34)33(15-14-28-27(35)22(18-36)16-19-8-9-19)17-20-10-12-21(13-11-20)23-6-3-4-7-24(23)26-29-31-32-30-26/h3-4,6-7,10-13,19,22,36H,2,5,8-9,14-18H2,1H3,(H,28,35)(H,29,30,31,32). The molecule has 1 saturated carbocycles. The number of benzene rings is 2. The highest BCUT2D eigenvalue weighted by Crippen LogP contribution is 2.35. The van der Waals surface area contributed by atoms with E-state index in [9.17, 15) is 9.59 Å². The van der Waals surface area contributed by atoms with Crippen molar-refractivity contribution in [3.63, 3.8) is 0 Å². The number of tetrazole rings is 1. The van der Waals surface area contributed by atoms with Crippen molar-refractivity contribution in [3.05, 3.63) is 54.1 Å². The number of carbonyl (C=O) groups excluding carboxylic acids is 2. The molecule has 8 nitrogen and oxygen atoms in total. The minimum atomic E-state index is -0.0523. The molecule has 1 fully saturated rings. The van der Waals surface area contributed by atoms with Crippen LogP contribution in [0.25, 0.3) is 22.5 Å². The maximum absolute atomic E-state index is 12.8. The Kier molecular flexibility index (Phi) is 9.11. The molecule has 2 N–H and O–H groups in total. The highest BCUT2D eigenvalue weighted by molar-refractivity contribution is 7.80. The second-order valence-electron chi connectivity index (χ2n) is 9.39. The number of H-pyrrole nitrogens is 1. The van der Waals surface area contributed by atoms with E-state index in [4.69, 9.17) is 0 Å². The maximum Gasteiger partial charge on any atom is 0.224 e. The second kappa shape index (κ2) is 12.7. The number of hydrogen-bond donors (Lipinski definition) is 3. The van der Waals surface area contributed by atoms with Crippen molar-refractivity contribution in [1.82, 2.24) is 30.8 Å². The maximum atomic E-state index is 12.8. The van der Waals surface area contributed by atoms with Gasteiger partial charge in [-0.2, -0.15) is 17.8 Å². The lowest BCUT2D eigenvalue weighted by Crippen LogP contribution is -2.40. The van der Waals surface area contributed by atoms with Crippen molar-refractivity contribution in [2.24, 2.45) is 11.8 Å². The minimum absolute atomic E-state index is 0.0458. The minimum Gasteiger partial charge on any atom is -0.354 e. The smallest absolute Gasteiger partial charge is 0.224 e. The summed E-state index contributed by atoms with van der Waals surface area (Å²) in [6, 6.07) is 16.1. The molecule has 2 aromatic carbocycles. The van der Waals surface area contributed by atoms with Crippen LogP contribution in [0.5, 0.6) is 0 Å². The number of amides is 2. The van der Waals surface area contributed by atoms with Gasteiger partial charge >= 0.3 is 0 Å². The number of thiol groups is 1. The van der Waals surface area contributed by atoms with E-state index in [1.165, 1.54) is 12.8 Å². The molecule has 1 atom stereocenters. The number of carbonyl (C=O) groups is 2. The van der Waals surface area contributed by atoms with E-state index in [1.807, 2.05) is 60.4 Å². The van der Waals surface area contributed by atoms with Crippen molar-refractivity contribution >= 4 is 24.4 Å². The van der Waals surface area contributed by atoms with Gasteiger partial charge in [0.25, 0.3) is 0 Å². The summed E-state index contributed by atoms with van der Waals surface area (Å²) in [4.78, 5) is 27.2. The number of aromatic amines is 1. The van der Waals surface area contributed by atoms with Crippen LogP contribution in [0, 0.1) is 11.8 Å². The van der Waals surface area contributed by atoms with E-state index in [-0.39, 0.29) is 17.7 Å². The highest BCUT2D eigenvalue weighted by atomic mass is 32.1. The summed E-state index contributed by atoms with van der Waals surface area (Å²) in [5.41, 5.74) is 3.98. The topological polar surface area (TPSA) is 104 Å². The van der Waals surface area contributed by atoms with E-state index in [0.29, 0.717) is 43.6 Å². The van der Waals surface area contributed by atoms with E-state index >= 15 is 0 Å². The van der Waals surface area contributed by atoms with Crippen LogP contribution in [0.3, 0.4) is 0 Å². The van der Waals surface area contributed by atoms with Crippen LogP contribution in [-0.4, -0.2) is 56.2 Å². The van der Waals surface area contributed by atoms with Gasteiger partial charge in [0.2, 0.25) is 17.6 Å². The van der Waals surface area contributed by atoms with Crippen LogP contribution in [-0.2, 0) is 16.1 Å². The number of hydrogen-bond acceptors (Lipinski definition) is 6. The molecule has 9 heteroatoms. The fraction of sp³-hybridized carbons (Fsp3) is 0.444. The van der Waals surface area contributed by atoms with Crippen LogP contribution >= 0.6 is 12.6 Å². The number of aromatic nitrogens is 4. The van der Waals surface area contributed by atoms with Gasteiger partial charge in [-0.05, 0) is 40.7 Å². The Balaban J connectivity index is 1.39. The molecular formula is C27H34N6O2S. The zero-order valence-electron chi connectivity index (χ0n) is 20.7. The molecule has 0 bridgehead atoms. The fourth-order valence-electron chi connectivity index (χ4n) is 4.36. The summed E-state index contributed by atoms with van der Waals surface area (Å²) in [6.45, 7) is 3.43. The van der Waals surface area contributed by atoms with Crippen LogP contribution in [0.2, 0.25) is 0 Å². The van der Waals surface area contributed by atoms with Gasteiger partial charge in [0.05, 0.1) is 0 Å². The average Bonchev–Trinajstić information content (AvgIpc) is 3.56. The lowest BCUT2D eigenvalue weighted by Gasteiger charge is -2.24. The van der Waals surface area contributed by atoms with Crippen molar-refractivity contribution in [2.75, 3.05) is 18.8 Å². The van der Waals surface area contributed by atoms with Crippen molar-refractivity contribution in [3.8, 4) is 22.5 Å². The third kappa shape index (κ3) is 6.94. The Labute approximate surface area is 217 Å². The first-order valence-corrected chi connectivity index (χ1v) is 13.3. The van der Waals surface area contributed by atoms with Gasteiger partial charge in [-0.3, -0.25) is 9.59 Å². The first-order chi connectivity index (χ1) is 17.6. The monoisotopic (exact) mass is 506 g/mol. The first-order valence-electron chi connectivity index (χ1n) is 12.7. The van der Waals surface area contributed by atoms with Gasteiger partial charge in [0.1, 0.15) is 0 Å². The van der Waals surface area contributed by atoms with Crippen molar-refractivity contribution in [1.29, 1.82) is 0 Å². The molecule has 1 aliphatic rings. The summed E-state index contributed by atoms with van der Waals surface area (Å²) in [5, 5.41) is 17.4. The Morgan fingerprint density at radius 3 is 2.53 bits per heavy atom. The third-order valence-corrected chi connectivity index (χ3v) is 7.00. The normalized spacial score (nSPS) is 13.8.